The van der Waals surface area contributed by atoms with Gasteiger partial charge in [-0.2, -0.15) is 5.26 Å². The molecule has 1 aliphatic rings. The summed E-state index contributed by atoms with van der Waals surface area (Å²) in [5.74, 6) is 0. The second-order valence-corrected chi connectivity index (χ2v) is 5.63. The van der Waals surface area contributed by atoms with Gasteiger partial charge < -0.3 is 4.98 Å². The van der Waals surface area contributed by atoms with E-state index in [0.29, 0.717) is 0 Å². The second-order valence-electron chi connectivity index (χ2n) is 5.63. The molecule has 80 valence electrons. The molecule has 0 unspecified atom stereocenters. The SMILES string of the molecule is Cc1[nH]c(C)c2c1C(C)(C)C[C@]2(C)C#N. The summed E-state index contributed by atoms with van der Waals surface area (Å²) >= 11 is 0. The van der Waals surface area contributed by atoms with Crippen LogP contribution in [-0.2, 0) is 10.8 Å². The molecule has 0 aliphatic heterocycles. The zero-order chi connectivity index (χ0) is 11.4. The summed E-state index contributed by atoms with van der Waals surface area (Å²) in [5.41, 5.74) is 4.81. The summed E-state index contributed by atoms with van der Waals surface area (Å²) in [6.07, 6.45) is 0.928. The number of nitrogens with zero attached hydrogens (tertiary/aromatic N) is 1. The van der Waals surface area contributed by atoms with Gasteiger partial charge in [-0.1, -0.05) is 13.8 Å². The topological polar surface area (TPSA) is 39.6 Å². The highest BCUT2D eigenvalue weighted by molar-refractivity contribution is 5.54. The van der Waals surface area contributed by atoms with Crippen LogP contribution < -0.4 is 0 Å². The maximum Gasteiger partial charge on any atom is 0.0822 e. The monoisotopic (exact) mass is 202 g/mol. The molecule has 0 radical (unpaired) electrons. The molecule has 1 N–H and O–H groups in total. The molecule has 0 saturated heterocycles. The van der Waals surface area contributed by atoms with Gasteiger partial charge in [-0.3, -0.25) is 0 Å². The molecule has 2 rings (SSSR count). The molecule has 0 bridgehead atoms. The van der Waals surface area contributed by atoms with Crippen molar-refractivity contribution in [2.45, 2.75) is 51.9 Å². The van der Waals surface area contributed by atoms with Crippen LogP contribution in [0.15, 0.2) is 0 Å². The first-order chi connectivity index (χ1) is 6.82. The predicted octanol–water partition coefficient (Wildman–Crippen LogP) is 3.09. The van der Waals surface area contributed by atoms with E-state index in [9.17, 15) is 5.26 Å². The zero-order valence-electron chi connectivity index (χ0n) is 10.2. The Morgan fingerprint density at radius 3 is 2.20 bits per heavy atom. The van der Waals surface area contributed by atoms with Gasteiger partial charge in [-0.15, -0.1) is 0 Å². The summed E-state index contributed by atoms with van der Waals surface area (Å²) in [4.78, 5) is 3.37. The van der Waals surface area contributed by atoms with Crippen molar-refractivity contribution in [3.8, 4) is 6.07 Å². The smallest absolute Gasteiger partial charge is 0.0822 e. The molecular formula is C13H18N2. The Bertz CT molecular complexity index is 460. The van der Waals surface area contributed by atoms with E-state index in [1.54, 1.807) is 0 Å². The molecule has 1 heterocycles. The minimum absolute atomic E-state index is 0.120. The van der Waals surface area contributed by atoms with Gasteiger partial charge in [0, 0.05) is 11.4 Å². The van der Waals surface area contributed by atoms with Crippen molar-refractivity contribution in [1.29, 1.82) is 5.26 Å². The Morgan fingerprint density at radius 1 is 1.13 bits per heavy atom. The van der Waals surface area contributed by atoms with Gasteiger partial charge in [0.05, 0.1) is 11.5 Å². The van der Waals surface area contributed by atoms with Gasteiger partial charge in [0.2, 0.25) is 0 Å². The number of rotatable bonds is 0. The molecule has 1 aliphatic carbocycles. The Balaban J connectivity index is 2.78. The van der Waals surface area contributed by atoms with E-state index in [1.807, 2.05) is 0 Å². The third-order valence-corrected chi connectivity index (χ3v) is 3.65. The number of aryl methyl sites for hydroxylation is 2. The Labute approximate surface area is 91.3 Å². The van der Waals surface area contributed by atoms with Crippen LogP contribution in [0, 0.1) is 25.2 Å². The van der Waals surface area contributed by atoms with Crippen LogP contribution >= 0.6 is 0 Å². The maximum atomic E-state index is 9.37. The van der Waals surface area contributed by atoms with E-state index in [2.05, 4.69) is 45.7 Å². The first-order valence-corrected chi connectivity index (χ1v) is 5.43. The molecule has 2 heteroatoms. The lowest BCUT2D eigenvalue weighted by Crippen LogP contribution is -2.21. The van der Waals surface area contributed by atoms with Crippen molar-refractivity contribution in [3.63, 3.8) is 0 Å². The molecule has 0 saturated carbocycles. The van der Waals surface area contributed by atoms with Gasteiger partial charge in [-0.25, -0.2) is 0 Å². The molecule has 15 heavy (non-hydrogen) atoms. The van der Waals surface area contributed by atoms with Crippen LogP contribution in [-0.4, -0.2) is 4.98 Å². The second kappa shape index (κ2) is 2.66. The van der Waals surface area contributed by atoms with Crippen molar-refractivity contribution in [2.24, 2.45) is 0 Å². The number of hydrogen-bond acceptors (Lipinski definition) is 1. The van der Waals surface area contributed by atoms with Gasteiger partial charge in [-0.05, 0) is 43.7 Å². The van der Waals surface area contributed by atoms with Crippen molar-refractivity contribution in [1.82, 2.24) is 4.98 Å². The molecule has 1 aromatic heterocycles. The summed E-state index contributed by atoms with van der Waals surface area (Å²) < 4.78 is 0. The molecule has 0 amide bonds. The standard InChI is InChI=1S/C13H18N2/c1-8-10-11(9(2)15-8)13(5,7-14)6-12(10,3)4/h15H,6H2,1-5H3/t13-/m1/s1. The lowest BCUT2D eigenvalue weighted by molar-refractivity contribution is 0.436. The van der Waals surface area contributed by atoms with E-state index in [4.69, 9.17) is 0 Å². The van der Waals surface area contributed by atoms with Gasteiger partial charge in [0.25, 0.3) is 0 Å². The normalized spacial score (nSPS) is 27.5. The van der Waals surface area contributed by atoms with E-state index in [-0.39, 0.29) is 10.8 Å². The molecule has 0 aromatic carbocycles. The summed E-state index contributed by atoms with van der Waals surface area (Å²) in [6.45, 7) is 10.7. The van der Waals surface area contributed by atoms with E-state index >= 15 is 0 Å². The van der Waals surface area contributed by atoms with Crippen LogP contribution in [0.25, 0.3) is 0 Å². The number of nitriles is 1. The van der Waals surface area contributed by atoms with Crippen molar-refractivity contribution in [3.05, 3.63) is 22.5 Å². The third-order valence-electron chi connectivity index (χ3n) is 3.65. The first kappa shape index (κ1) is 10.3. The van der Waals surface area contributed by atoms with Crippen LogP contribution in [0.3, 0.4) is 0 Å². The van der Waals surface area contributed by atoms with E-state index in [0.717, 1.165) is 12.1 Å². The molecule has 0 fully saturated rings. The minimum atomic E-state index is -0.312. The average molecular weight is 202 g/mol. The Hall–Kier alpha value is -1.23. The van der Waals surface area contributed by atoms with Crippen molar-refractivity contribution < 1.29 is 0 Å². The fourth-order valence-electron chi connectivity index (χ4n) is 3.47. The van der Waals surface area contributed by atoms with Crippen LogP contribution in [0.1, 0.15) is 49.7 Å². The number of fused-ring (bicyclic) bond motifs is 1. The quantitative estimate of drug-likeness (QED) is 0.690. The number of H-pyrrole nitrogens is 1. The first-order valence-electron chi connectivity index (χ1n) is 5.43. The van der Waals surface area contributed by atoms with Gasteiger partial charge in [0.1, 0.15) is 0 Å². The van der Waals surface area contributed by atoms with Crippen LogP contribution in [0.2, 0.25) is 0 Å². The third kappa shape index (κ3) is 1.16. The number of nitrogens with one attached hydrogen (secondary N) is 1. The fourth-order valence-corrected chi connectivity index (χ4v) is 3.47. The van der Waals surface area contributed by atoms with Crippen molar-refractivity contribution >= 4 is 0 Å². The zero-order valence-corrected chi connectivity index (χ0v) is 10.2. The lowest BCUT2D eigenvalue weighted by Gasteiger charge is -2.22. The molecule has 1 atom stereocenters. The van der Waals surface area contributed by atoms with Gasteiger partial charge >= 0.3 is 0 Å². The summed E-state index contributed by atoms with van der Waals surface area (Å²) in [6, 6.07) is 2.49. The van der Waals surface area contributed by atoms with Crippen LogP contribution in [0.4, 0.5) is 0 Å². The van der Waals surface area contributed by atoms with Crippen LogP contribution in [0.5, 0.6) is 0 Å². The number of aromatic amines is 1. The highest BCUT2D eigenvalue weighted by Crippen LogP contribution is 2.51. The average Bonchev–Trinajstić information content (AvgIpc) is 2.51. The Morgan fingerprint density at radius 2 is 1.67 bits per heavy atom. The highest BCUT2D eigenvalue weighted by Gasteiger charge is 2.48. The largest absolute Gasteiger partial charge is 0.362 e. The molecule has 0 spiro atoms. The number of hydrogen-bond donors (Lipinski definition) is 1. The lowest BCUT2D eigenvalue weighted by atomic mass is 9.80. The molecular weight excluding hydrogens is 184 g/mol. The number of aromatic nitrogens is 1. The van der Waals surface area contributed by atoms with Crippen molar-refractivity contribution in [2.75, 3.05) is 0 Å². The van der Waals surface area contributed by atoms with E-state index in [1.165, 1.54) is 16.8 Å². The van der Waals surface area contributed by atoms with E-state index < -0.39 is 0 Å². The maximum absolute atomic E-state index is 9.37. The molecule has 2 nitrogen and oxygen atoms in total. The van der Waals surface area contributed by atoms with Gasteiger partial charge in [0.15, 0.2) is 0 Å². The fraction of sp³-hybridized carbons (Fsp3) is 0.615. The summed E-state index contributed by atoms with van der Waals surface area (Å²) in [5, 5.41) is 9.37. The highest BCUT2D eigenvalue weighted by atomic mass is 14.8. The summed E-state index contributed by atoms with van der Waals surface area (Å²) in [7, 11) is 0. The predicted molar refractivity (Wildman–Crippen MR) is 60.9 cm³/mol. The Kier molecular flexibility index (Phi) is 1.83. The minimum Gasteiger partial charge on any atom is -0.362 e. The molecule has 1 aromatic rings.